The van der Waals surface area contributed by atoms with Gasteiger partial charge in [0, 0.05) is 0 Å². The molecule has 0 saturated carbocycles. The van der Waals surface area contributed by atoms with Gasteiger partial charge in [-0.15, -0.1) is 0 Å². The van der Waals surface area contributed by atoms with Crippen LogP contribution in [0.2, 0.25) is 0 Å². The van der Waals surface area contributed by atoms with Crippen molar-refractivity contribution < 1.29 is 9.90 Å². The van der Waals surface area contributed by atoms with Gasteiger partial charge in [0.15, 0.2) is 4.45 Å². The number of rotatable bonds is 2. The summed E-state index contributed by atoms with van der Waals surface area (Å²) in [5.41, 5.74) is 1.12. The predicted molar refractivity (Wildman–Crippen MR) is 65.0 cm³/mol. The highest BCUT2D eigenvalue weighted by Crippen LogP contribution is 2.37. The number of aliphatic carboxylic acids is 1. The van der Waals surface area contributed by atoms with Gasteiger partial charge in [-0.1, -0.05) is 46.3 Å². The van der Waals surface area contributed by atoms with Crippen molar-refractivity contribution in [2.75, 3.05) is 0 Å². The number of nitrogens with one attached hydrogen (secondary N) is 1. The maximum Gasteiger partial charge on any atom is 0.335 e. The quantitative estimate of drug-likeness (QED) is 0.646. The van der Waals surface area contributed by atoms with Crippen molar-refractivity contribution in [3.8, 4) is 0 Å². The van der Waals surface area contributed by atoms with Crippen molar-refractivity contribution in [1.29, 1.82) is 0 Å². The van der Waals surface area contributed by atoms with Gasteiger partial charge in [-0.3, -0.25) is 0 Å². The van der Waals surface area contributed by atoms with E-state index in [4.69, 9.17) is 5.11 Å². The molecule has 1 heterocycles. The van der Waals surface area contributed by atoms with E-state index >= 15 is 0 Å². The van der Waals surface area contributed by atoms with Crippen LogP contribution in [0.15, 0.2) is 54.3 Å². The van der Waals surface area contributed by atoms with Crippen LogP contribution >= 0.6 is 15.9 Å². The van der Waals surface area contributed by atoms with Crippen molar-refractivity contribution in [1.82, 2.24) is 5.32 Å². The molecule has 0 aromatic heterocycles. The first-order valence-corrected chi connectivity index (χ1v) is 5.56. The van der Waals surface area contributed by atoms with E-state index in [1.165, 1.54) is 0 Å². The molecular weight excluding hydrogens is 270 g/mol. The Morgan fingerprint density at radius 3 is 2.62 bits per heavy atom. The summed E-state index contributed by atoms with van der Waals surface area (Å²) in [5.74, 6) is -0.947. The summed E-state index contributed by atoms with van der Waals surface area (Å²) in [7, 11) is 0. The zero-order chi connectivity index (χ0) is 11.6. The van der Waals surface area contributed by atoms with Gasteiger partial charge in [0.05, 0.1) is 5.57 Å². The third kappa shape index (κ3) is 1.76. The molecule has 0 fully saturated rings. The van der Waals surface area contributed by atoms with E-state index in [-0.39, 0.29) is 5.57 Å². The average molecular weight is 280 g/mol. The standard InChI is InChI=1S/C12H10BrNO2/c13-12(9-5-2-1-3-6-9)10(11(15)16)7-4-8-14-12/h1-8,14H,(H,15,16). The molecular formula is C12H10BrNO2. The second-order valence-electron chi connectivity index (χ2n) is 3.41. The molecule has 0 aliphatic carbocycles. The van der Waals surface area contributed by atoms with Crippen molar-refractivity contribution in [3.63, 3.8) is 0 Å². The van der Waals surface area contributed by atoms with E-state index in [9.17, 15) is 4.79 Å². The Hall–Kier alpha value is -1.55. The van der Waals surface area contributed by atoms with Crippen LogP contribution in [0.1, 0.15) is 5.56 Å². The van der Waals surface area contributed by atoms with Crippen LogP contribution < -0.4 is 5.32 Å². The third-order valence-corrected chi connectivity index (χ3v) is 3.53. The first-order chi connectivity index (χ1) is 7.64. The fourth-order valence-corrected chi connectivity index (χ4v) is 2.32. The Balaban J connectivity index is 2.49. The van der Waals surface area contributed by atoms with Gasteiger partial charge in [0.1, 0.15) is 0 Å². The first kappa shape index (κ1) is 11.0. The maximum atomic E-state index is 11.2. The van der Waals surface area contributed by atoms with Gasteiger partial charge in [-0.2, -0.15) is 0 Å². The summed E-state index contributed by atoms with van der Waals surface area (Å²) in [6, 6.07) is 9.38. The summed E-state index contributed by atoms with van der Waals surface area (Å²) in [6.07, 6.45) is 4.97. The number of hydrogen-bond acceptors (Lipinski definition) is 2. The van der Waals surface area contributed by atoms with Crippen LogP contribution in [0.5, 0.6) is 0 Å². The number of halogens is 1. The highest BCUT2D eigenvalue weighted by Gasteiger charge is 2.37. The van der Waals surface area contributed by atoms with Gasteiger partial charge >= 0.3 is 5.97 Å². The Kier molecular flexibility index (Phi) is 2.83. The van der Waals surface area contributed by atoms with Crippen LogP contribution in [0.3, 0.4) is 0 Å². The molecule has 0 spiro atoms. The molecule has 1 aliphatic heterocycles. The summed E-state index contributed by atoms with van der Waals surface area (Å²) in [5, 5.41) is 12.2. The largest absolute Gasteiger partial charge is 0.478 e. The number of allylic oxidation sites excluding steroid dienone is 2. The van der Waals surface area contributed by atoms with Gasteiger partial charge in [0.25, 0.3) is 0 Å². The van der Waals surface area contributed by atoms with Crippen LogP contribution in [0, 0.1) is 0 Å². The molecule has 16 heavy (non-hydrogen) atoms. The molecule has 0 radical (unpaired) electrons. The topological polar surface area (TPSA) is 49.3 Å². The second-order valence-corrected chi connectivity index (χ2v) is 4.60. The lowest BCUT2D eigenvalue weighted by atomic mass is 9.96. The monoisotopic (exact) mass is 279 g/mol. The van der Waals surface area contributed by atoms with E-state index in [0.717, 1.165) is 5.56 Å². The van der Waals surface area contributed by atoms with Gasteiger partial charge < -0.3 is 10.4 Å². The van der Waals surface area contributed by atoms with E-state index in [1.54, 1.807) is 18.4 Å². The number of carbonyl (C=O) groups is 1. The normalized spacial score (nSPS) is 23.4. The van der Waals surface area contributed by atoms with Crippen LogP contribution in [-0.4, -0.2) is 11.1 Å². The number of alkyl halides is 1. The SMILES string of the molecule is O=C(O)C1=CC=CNC1(Br)c1ccccc1. The molecule has 1 unspecified atom stereocenters. The van der Waals surface area contributed by atoms with Crippen molar-refractivity contribution in [3.05, 3.63) is 59.8 Å². The Labute approximate surface area is 102 Å². The zero-order valence-corrected chi connectivity index (χ0v) is 9.94. The van der Waals surface area contributed by atoms with E-state index in [1.807, 2.05) is 30.3 Å². The van der Waals surface area contributed by atoms with Crippen molar-refractivity contribution in [2.45, 2.75) is 4.45 Å². The zero-order valence-electron chi connectivity index (χ0n) is 8.35. The van der Waals surface area contributed by atoms with E-state index < -0.39 is 10.4 Å². The smallest absolute Gasteiger partial charge is 0.335 e. The van der Waals surface area contributed by atoms with Crippen LogP contribution in [0.4, 0.5) is 0 Å². The molecule has 2 N–H and O–H groups in total. The lowest BCUT2D eigenvalue weighted by Gasteiger charge is -2.31. The fourth-order valence-electron chi connectivity index (χ4n) is 1.63. The number of carboxylic acid groups (broad SMARTS) is 1. The Bertz CT molecular complexity index is 467. The number of hydrogen-bond donors (Lipinski definition) is 2. The third-order valence-electron chi connectivity index (χ3n) is 2.41. The highest BCUT2D eigenvalue weighted by atomic mass is 79.9. The molecule has 0 amide bonds. The average Bonchev–Trinajstić information content (AvgIpc) is 2.30. The minimum atomic E-state index is -0.947. The second kappa shape index (κ2) is 4.14. The summed E-state index contributed by atoms with van der Waals surface area (Å²) >= 11 is 3.46. The Morgan fingerprint density at radius 1 is 1.31 bits per heavy atom. The summed E-state index contributed by atoms with van der Waals surface area (Å²) in [6.45, 7) is 0. The number of benzene rings is 1. The number of carboxylic acids is 1. The minimum absolute atomic E-state index is 0.265. The first-order valence-electron chi connectivity index (χ1n) is 4.77. The molecule has 1 aromatic carbocycles. The highest BCUT2D eigenvalue weighted by molar-refractivity contribution is 9.09. The summed E-state index contributed by atoms with van der Waals surface area (Å²) < 4.78 is -0.852. The van der Waals surface area contributed by atoms with Crippen molar-refractivity contribution >= 4 is 21.9 Å². The molecule has 0 bridgehead atoms. The minimum Gasteiger partial charge on any atom is -0.478 e. The van der Waals surface area contributed by atoms with Crippen LogP contribution in [0.25, 0.3) is 0 Å². The fraction of sp³-hybridized carbons (Fsp3) is 0.0833. The summed E-state index contributed by atoms with van der Waals surface area (Å²) in [4.78, 5) is 11.2. The molecule has 1 atom stereocenters. The molecule has 4 heteroatoms. The van der Waals surface area contributed by atoms with E-state index in [0.29, 0.717) is 0 Å². The Morgan fingerprint density at radius 2 is 2.00 bits per heavy atom. The molecule has 3 nitrogen and oxygen atoms in total. The molecule has 1 aromatic rings. The number of dihydropyridines is 1. The van der Waals surface area contributed by atoms with Crippen molar-refractivity contribution in [2.24, 2.45) is 0 Å². The van der Waals surface area contributed by atoms with Gasteiger partial charge in [-0.05, 0) is 23.9 Å². The lowest BCUT2D eigenvalue weighted by molar-refractivity contribution is -0.133. The maximum absolute atomic E-state index is 11.2. The lowest BCUT2D eigenvalue weighted by Crippen LogP contribution is -2.39. The van der Waals surface area contributed by atoms with Crippen LogP contribution in [-0.2, 0) is 9.24 Å². The van der Waals surface area contributed by atoms with Gasteiger partial charge in [-0.25, -0.2) is 4.79 Å². The molecule has 1 aliphatic rings. The molecule has 2 rings (SSSR count). The molecule has 0 saturated heterocycles. The van der Waals surface area contributed by atoms with Gasteiger partial charge in [0.2, 0.25) is 0 Å². The van der Waals surface area contributed by atoms with E-state index in [2.05, 4.69) is 21.2 Å². The molecule has 82 valence electrons. The predicted octanol–water partition coefficient (Wildman–Crippen LogP) is 2.36.